The zero-order chi connectivity index (χ0) is 47.9. The second-order valence-corrected chi connectivity index (χ2v) is 31.4. The summed E-state index contributed by atoms with van der Waals surface area (Å²) in [5.74, 6) is 0.705. The summed E-state index contributed by atoms with van der Waals surface area (Å²) >= 11 is 0. The van der Waals surface area contributed by atoms with Crippen molar-refractivity contribution in [3.8, 4) is 0 Å². The number of aryl methyl sites for hydroxylation is 4. The summed E-state index contributed by atoms with van der Waals surface area (Å²) in [6.07, 6.45) is 18.5. The Morgan fingerprint density at radius 1 is 0.696 bits per heavy atom. The first kappa shape index (κ1) is 49.1. The number of rotatable bonds is 14. The third-order valence-corrected chi connectivity index (χ3v) is 19.8. The van der Waals surface area contributed by atoms with Crippen molar-refractivity contribution in [2.75, 3.05) is 69.6 Å². The maximum atomic E-state index is 13.0. The van der Waals surface area contributed by atoms with Crippen molar-refractivity contribution >= 4 is 61.1 Å². The van der Waals surface area contributed by atoms with Gasteiger partial charge in [0.15, 0.2) is 0 Å². The van der Waals surface area contributed by atoms with Crippen LogP contribution in [0.15, 0.2) is 22.4 Å². The fraction of sp³-hybridized carbons (Fsp3) is 0.667. The minimum Gasteiger partial charge on any atom is -0.359 e. The zero-order valence-corrected chi connectivity index (χ0v) is 44.1. The Kier molecular flexibility index (Phi) is 14.6. The number of hydrogen-bond donors (Lipinski definition) is 4. The molecule has 69 heavy (non-hydrogen) atoms. The van der Waals surface area contributed by atoms with Crippen molar-refractivity contribution in [1.82, 2.24) is 49.4 Å². The summed E-state index contributed by atoms with van der Waals surface area (Å²) in [7, 11) is -3.35. The summed E-state index contributed by atoms with van der Waals surface area (Å²) in [4.78, 5) is 13.5. The predicted octanol–water partition coefficient (Wildman–Crippen LogP) is 6.29. The lowest BCUT2D eigenvalue weighted by molar-refractivity contribution is 0.0792. The number of aromatic nitrogens is 6. The molecule has 4 N–H and O–H groups in total. The Balaban J connectivity index is 0.000000135. The molecule has 2 aromatic carbocycles. The Morgan fingerprint density at radius 2 is 1.20 bits per heavy atom. The van der Waals surface area contributed by atoms with Crippen molar-refractivity contribution in [1.29, 1.82) is 0 Å². The van der Waals surface area contributed by atoms with Crippen LogP contribution in [-0.2, 0) is 81.9 Å². The SMILES string of the molecule is C1CCN(C2CNC2)C1.C[Si](C)(C)CCOCn1nc(S(=O)(=O)Cl)nc1Nc1c2c(cc3c1CCC3)CCC2.O=S(=O)(c1nc(Nc2c3c(cc4c2CCC4)CCC3)n[nH]1)N1CC(N2CCCC2)C1. The fourth-order valence-electron chi connectivity index (χ4n) is 11.4. The largest absolute Gasteiger partial charge is 0.359 e. The summed E-state index contributed by atoms with van der Waals surface area (Å²) in [5.41, 5.74) is 13.2. The molecule has 17 nitrogen and oxygen atoms in total. The van der Waals surface area contributed by atoms with Crippen LogP contribution in [0.4, 0.5) is 23.3 Å². The van der Waals surface area contributed by atoms with Crippen molar-refractivity contribution in [3.05, 3.63) is 56.6 Å². The average Bonchev–Trinajstić information content (AvgIpc) is 4.09. The molecule has 4 fully saturated rings. The van der Waals surface area contributed by atoms with Crippen LogP contribution in [0.25, 0.3) is 0 Å². The average molecular weight is 1020 g/mol. The number of nitrogens with zero attached hydrogens (tertiary/aromatic N) is 8. The summed E-state index contributed by atoms with van der Waals surface area (Å²) in [5, 5.41) is 20.6. The highest BCUT2D eigenvalue weighted by Crippen LogP contribution is 2.41. The van der Waals surface area contributed by atoms with Gasteiger partial charge in [-0.2, -0.15) is 14.3 Å². The van der Waals surface area contributed by atoms with Gasteiger partial charge >= 0.3 is 0 Å². The van der Waals surface area contributed by atoms with Crippen LogP contribution in [0, 0.1) is 0 Å². The van der Waals surface area contributed by atoms with E-state index in [1.807, 2.05) is 0 Å². The van der Waals surface area contributed by atoms with Gasteiger partial charge in [0.2, 0.25) is 11.9 Å². The van der Waals surface area contributed by atoms with Gasteiger partial charge in [-0.15, -0.1) is 10.2 Å². The number of aromatic amines is 1. The lowest BCUT2D eigenvalue weighted by Crippen LogP contribution is -2.60. The number of ether oxygens (including phenoxy) is 1. The molecule has 8 aliphatic rings. The van der Waals surface area contributed by atoms with E-state index in [0.29, 0.717) is 37.6 Å². The summed E-state index contributed by atoms with van der Waals surface area (Å²) < 4.78 is 58.4. The first-order chi connectivity index (χ1) is 33.2. The maximum absolute atomic E-state index is 13.0. The Morgan fingerprint density at radius 3 is 1.68 bits per heavy atom. The fourth-order valence-corrected chi connectivity index (χ4v) is 14.1. The van der Waals surface area contributed by atoms with Crippen LogP contribution >= 0.6 is 10.7 Å². The van der Waals surface area contributed by atoms with Crippen LogP contribution in [-0.4, -0.2) is 140 Å². The molecule has 0 radical (unpaired) electrons. The second kappa shape index (κ2) is 20.6. The van der Waals surface area contributed by atoms with Crippen molar-refractivity contribution in [3.63, 3.8) is 0 Å². The lowest BCUT2D eigenvalue weighted by Gasteiger charge is -2.42. The molecular weight excluding hydrogens is 952 g/mol. The number of hydrogen-bond acceptors (Lipinski definition) is 14. The van der Waals surface area contributed by atoms with Crippen LogP contribution in [0.2, 0.25) is 25.7 Å². The summed E-state index contributed by atoms with van der Waals surface area (Å²) in [6.45, 7) is 16.0. The van der Waals surface area contributed by atoms with Gasteiger partial charge in [-0.1, -0.05) is 31.8 Å². The number of likely N-dealkylation sites (tertiary alicyclic amines) is 2. The van der Waals surface area contributed by atoms with E-state index < -0.39 is 32.3 Å². The Hall–Kier alpha value is -3.47. The van der Waals surface area contributed by atoms with E-state index in [2.05, 4.69) is 82.8 Å². The van der Waals surface area contributed by atoms with E-state index in [1.54, 1.807) is 0 Å². The van der Waals surface area contributed by atoms with Crippen LogP contribution in [0.3, 0.4) is 0 Å². The number of nitrogens with one attached hydrogen (secondary N) is 4. The van der Waals surface area contributed by atoms with Crippen LogP contribution < -0.4 is 16.0 Å². The van der Waals surface area contributed by atoms with E-state index >= 15 is 0 Å². The molecule has 4 aromatic rings. The number of halogens is 1. The highest BCUT2D eigenvalue weighted by atomic mass is 35.7. The molecule has 4 aliphatic heterocycles. The third kappa shape index (κ3) is 11.0. The third-order valence-electron chi connectivity index (χ3n) is 15.5. The Labute approximate surface area is 413 Å². The molecule has 0 unspecified atom stereocenters. The molecule has 0 bridgehead atoms. The van der Waals surface area contributed by atoms with Gasteiger partial charge in [0.1, 0.15) is 6.73 Å². The highest BCUT2D eigenvalue weighted by Gasteiger charge is 2.42. The standard InChI is InChI=1S/C21H28N6O2S.C20H29ClN4O3SSi.C7H14N2/c28-30(29,27-12-16(13-27)26-9-1-2-10-26)21-23-20(24-25-21)22-19-17-7-3-5-14(17)11-15-6-4-8-18(15)19;1-30(2,3)11-10-28-13-25-19(23-20(24-25)29(21,26)27)22-18-16-8-4-6-14(16)12-15-7-5-9-17(15)18;1-2-4-9(3-1)7-5-8-6-7/h11,16H,1-10,12-13H2,(H2,22,23,24,25);12H,4-11,13H2,1-3H3,(H,22,23,24);7-8H,1-6H2. The molecule has 12 rings (SSSR count). The number of sulfonamides is 1. The first-order valence-electron chi connectivity index (χ1n) is 25.6. The highest BCUT2D eigenvalue weighted by molar-refractivity contribution is 8.13. The minimum absolute atomic E-state index is 0.0610. The molecule has 376 valence electrons. The van der Waals surface area contributed by atoms with Crippen molar-refractivity contribution in [2.24, 2.45) is 0 Å². The van der Waals surface area contributed by atoms with E-state index in [1.165, 1.54) is 118 Å². The van der Waals surface area contributed by atoms with Gasteiger partial charge in [0.25, 0.3) is 29.4 Å². The smallest absolute Gasteiger partial charge is 0.298 e. The van der Waals surface area contributed by atoms with Gasteiger partial charge < -0.3 is 20.7 Å². The number of anilines is 4. The molecule has 4 saturated heterocycles. The topological polar surface area (TPSA) is 196 Å². The normalized spacial score (nSPS) is 20.6. The number of benzene rings is 2. The van der Waals surface area contributed by atoms with Gasteiger partial charge in [0.05, 0.1) is 0 Å². The van der Waals surface area contributed by atoms with Crippen LogP contribution in [0.1, 0.15) is 95.9 Å². The number of fused-ring (bicyclic) bond motifs is 4. The molecule has 0 atom stereocenters. The Bertz CT molecular complexity index is 2660. The van der Waals surface area contributed by atoms with Gasteiger partial charge in [-0.3, -0.25) is 9.80 Å². The van der Waals surface area contributed by atoms with E-state index in [0.717, 1.165) is 101 Å². The first-order valence-corrected chi connectivity index (χ1v) is 33.1. The van der Waals surface area contributed by atoms with Gasteiger partial charge in [-0.25, -0.2) is 26.6 Å². The lowest BCUT2D eigenvalue weighted by atomic mass is 9.99. The second-order valence-electron chi connectivity index (χ2n) is 21.5. The zero-order valence-electron chi connectivity index (χ0n) is 40.7. The monoisotopic (exact) mass is 1020 g/mol. The molecular formula is C48H71ClN12O5S2Si. The van der Waals surface area contributed by atoms with Gasteiger partial charge in [-0.05, 0) is 179 Å². The molecule has 6 heterocycles. The van der Waals surface area contributed by atoms with Gasteiger partial charge in [0, 0.05) is 75.0 Å². The molecule has 0 spiro atoms. The molecule has 4 aliphatic carbocycles. The quantitative estimate of drug-likeness (QED) is 0.0626. The van der Waals surface area contributed by atoms with E-state index in [-0.39, 0.29) is 11.9 Å². The molecule has 0 saturated carbocycles. The predicted molar refractivity (Wildman–Crippen MR) is 272 cm³/mol. The van der Waals surface area contributed by atoms with Crippen LogP contribution in [0.5, 0.6) is 0 Å². The van der Waals surface area contributed by atoms with Crippen molar-refractivity contribution < 1.29 is 21.6 Å². The van der Waals surface area contributed by atoms with E-state index in [9.17, 15) is 16.8 Å². The molecule has 2 aromatic heterocycles. The molecule has 0 amide bonds. The summed E-state index contributed by atoms with van der Waals surface area (Å²) in [6, 6.07) is 6.99. The molecule has 21 heteroatoms. The van der Waals surface area contributed by atoms with E-state index in [4.69, 9.17) is 15.4 Å². The van der Waals surface area contributed by atoms with Crippen molar-refractivity contribution in [2.45, 2.75) is 158 Å². The minimum atomic E-state index is -4.03. The number of H-pyrrole nitrogens is 1. The maximum Gasteiger partial charge on any atom is 0.298 e.